The van der Waals surface area contributed by atoms with Gasteiger partial charge in [0, 0.05) is 33.4 Å². The van der Waals surface area contributed by atoms with E-state index in [-0.39, 0.29) is 5.41 Å². The highest BCUT2D eigenvalue weighted by molar-refractivity contribution is 5.90. The van der Waals surface area contributed by atoms with E-state index in [9.17, 15) is 0 Å². The Balaban J connectivity index is 1.14. The van der Waals surface area contributed by atoms with Crippen molar-refractivity contribution in [2.24, 2.45) is 0 Å². The van der Waals surface area contributed by atoms with Crippen molar-refractivity contribution in [3.8, 4) is 45.0 Å². The van der Waals surface area contributed by atoms with Crippen LogP contribution >= 0.6 is 0 Å². The van der Waals surface area contributed by atoms with Crippen LogP contribution in [0.1, 0.15) is 25.0 Å². The lowest BCUT2D eigenvalue weighted by atomic mass is 9.73. The van der Waals surface area contributed by atoms with Gasteiger partial charge in [0.05, 0.1) is 34.2 Å². The summed E-state index contributed by atoms with van der Waals surface area (Å²) in [5.41, 5.74) is 14.2. The van der Waals surface area contributed by atoms with E-state index >= 15 is 0 Å². The van der Waals surface area contributed by atoms with Gasteiger partial charge in [-0.05, 0) is 35.4 Å². The summed E-state index contributed by atoms with van der Waals surface area (Å²) in [6, 6.07) is 56.2. The predicted octanol–water partition coefficient (Wildman–Crippen LogP) is 11.1. The fourth-order valence-electron chi connectivity index (χ4n) is 7.64. The maximum absolute atomic E-state index is 5.17. The van der Waals surface area contributed by atoms with Crippen LogP contribution in [0, 0.1) is 0 Å². The maximum Gasteiger partial charge on any atom is 0.200 e. The predicted molar refractivity (Wildman–Crippen MR) is 217 cm³/mol. The van der Waals surface area contributed by atoms with Crippen molar-refractivity contribution in [2.45, 2.75) is 19.3 Å². The molecule has 3 aromatic heterocycles. The molecule has 54 heavy (non-hydrogen) atoms. The Morgan fingerprint density at radius 3 is 1.02 bits per heavy atom. The zero-order valence-corrected chi connectivity index (χ0v) is 29.7. The molecular formula is C47H33N7. The van der Waals surface area contributed by atoms with Gasteiger partial charge in [-0.25, -0.2) is 29.9 Å². The first-order valence-corrected chi connectivity index (χ1v) is 18.1. The molecule has 0 radical (unpaired) electrons. The van der Waals surface area contributed by atoms with E-state index in [2.05, 4.69) is 91.5 Å². The molecule has 256 valence electrons. The second-order valence-electron chi connectivity index (χ2n) is 14.0. The number of rotatable bonds is 5. The molecule has 7 heteroatoms. The molecule has 0 saturated heterocycles. The van der Waals surface area contributed by atoms with Crippen molar-refractivity contribution in [1.82, 2.24) is 29.9 Å². The van der Waals surface area contributed by atoms with Gasteiger partial charge in [0.15, 0.2) is 0 Å². The lowest BCUT2D eigenvalue weighted by molar-refractivity contribution is 0.632. The second-order valence-corrected chi connectivity index (χ2v) is 14.0. The molecule has 0 atom stereocenters. The molecule has 1 aliphatic rings. The quantitative estimate of drug-likeness (QED) is 0.166. The van der Waals surface area contributed by atoms with Crippen LogP contribution in [0.2, 0.25) is 0 Å². The second kappa shape index (κ2) is 12.5. The van der Waals surface area contributed by atoms with Gasteiger partial charge in [-0.3, -0.25) is 0 Å². The average molecular weight is 696 g/mol. The Morgan fingerprint density at radius 2 is 0.648 bits per heavy atom. The fourth-order valence-corrected chi connectivity index (χ4v) is 7.64. The minimum absolute atomic E-state index is 0.130. The van der Waals surface area contributed by atoms with Crippen molar-refractivity contribution in [1.29, 1.82) is 0 Å². The van der Waals surface area contributed by atoms with E-state index in [0.29, 0.717) is 28.3 Å². The van der Waals surface area contributed by atoms with Crippen molar-refractivity contribution in [2.75, 3.05) is 4.90 Å². The molecule has 0 spiro atoms. The standard InChI is InChI=1S/C47H33N7/c1-47(2)35-22-12-14-24-37(35)54(38-25-15-13-23-36(38)47)34-28-26-33(27-29-34)42-41(32-20-10-5-11-21-32)50-45-46(51-42)53-44-43(52-45)48-39(30-16-6-3-7-17-30)40(49-44)31-18-8-4-9-19-31/h3-29H,1-2H3. The molecule has 0 N–H and O–H groups in total. The minimum Gasteiger partial charge on any atom is -0.310 e. The largest absolute Gasteiger partial charge is 0.310 e. The summed E-state index contributed by atoms with van der Waals surface area (Å²) in [5, 5.41) is 0. The molecule has 6 aromatic carbocycles. The molecule has 9 aromatic rings. The van der Waals surface area contributed by atoms with Crippen molar-refractivity contribution < 1.29 is 0 Å². The normalized spacial score (nSPS) is 13.1. The summed E-state index contributed by atoms with van der Waals surface area (Å²) in [4.78, 5) is 32.6. The zero-order valence-electron chi connectivity index (χ0n) is 29.7. The molecule has 0 bridgehead atoms. The molecule has 0 aliphatic carbocycles. The van der Waals surface area contributed by atoms with E-state index < -0.39 is 0 Å². The lowest BCUT2D eigenvalue weighted by Gasteiger charge is -2.42. The van der Waals surface area contributed by atoms with Crippen molar-refractivity contribution in [3.63, 3.8) is 0 Å². The van der Waals surface area contributed by atoms with E-state index in [1.165, 1.54) is 22.5 Å². The Hall–Kier alpha value is -7.12. The third-order valence-electron chi connectivity index (χ3n) is 10.3. The summed E-state index contributed by atoms with van der Waals surface area (Å²) in [6.07, 6.45) is 0. The molecule has 0 saturated carbocycles. The third-order valence-corrected chi connectivity index (χ3v) is 10.3. The third kappa shape index (κ3) is 5.20. The van der Waals surface area contributed by atoms with Crippen LogP contribution in [-0.4, -0.2) is 29.9 Å². The molecule has 7 nitrogen and oxygen atoms in total. The molecular weight excluding hydrogens is 663 g/mol. The molecule has 1 aliphatic heterocycles. The maximum atomic E-state index is 5.17. The minimum atomic E-state index is -0.130. The van der Waals surface area contributed by atoms with Crippen LogP contribution in [0.3, 0.4) is 0 Å². The van der Waals surface area contributed by atoms with Crippen LogP contribution in [0.5, 0.6) is 0 Å². The number of para-hydroxylation sites is 2. The first kappa shape index (κ1) is 31.6. The molecule has 10 rings (SSSR count). The van der Waals surface area contributed by atoms with Crippen LogP contribution < -0.4 is 4.90 Å². The molecule has 4 heterocycles. The monoisotopic (exact) mass is 695 g/mol. The van der Waals surface area contributed by atoms with Crippen LogP contribution in [0.15, 0.2) is 164 Å². The van der Waals surface area contributed by atoms with Crippen molar-refractivity contribution >= 4 is 39.7 Å². The van der Waals surface area contributed by atoms with Gasteiger partial charge in [-0.1, -0.05) is 153 Å². The summed E-state index contributed by atoms with van der Waals surface area (Å²) < 4.78 is 0. The number of fused-ring (bicyclic) bond motifs is 4. The fraction of sp³-hybridized carbons (Fsp3) is 0.0638. The highest BCUT2D eigenvalue weighted by atomic mass is 15.2. The van der Waals surface area contributed by atoms with Gasteiger partial charge in [-0.2, -0.15) is 0 Å². The highest BCUT2D eigenvalue weighted by Gasteiger charge is 2.36. The summed E-state index contributed by atoms with van der Waals surface area (Å²) in [7, 11) is 0. The topological polar surface area (TPSA) is 80.6 Å². The van der Waals surface area contributed by atoms with Crippen LogP contribution in [-0.2, 0) is 5.41 Å². The Bertz CT molecular complexity index is 2790. The lowest BCUT2D eigenvalue weighted by Crippen LogP contribution is -2.30. The number of benzene rings is 6. The van der Waals surface area contributed by atoms with Gasteiger partial charge in [0.2, 0.25) is 22.6 Å². The summed E-state index contributed by atoms with van der Waals surface area (Å²) in [5.74, 6) is 0. The van der Waals surface area contributed by atoms with E-state index in [4.69, 9.17) is 29.9 Å². The highest BCUT2D eigenvalue weighted by Crippen LogP contribution is 2.51. The number of hydrogen-bond acceptors (Lipinski definition) is 7. The van der Waals surface area contributed by atoms with Gasteiger partial charge < -0.3 is 4.90 Å². The van der Waals surface area contributed by atoms with Gasteiger partial charge in [0.25, 0.3) is 0 Å². The summed E-state index contributed by atoms with van der Waals surface area (Å²) >= 11 is 0. The Labute approximate surface area is 312 Å². The number of nitrogens with zero attached hydrogens (tertiary/aromatic N) is 7. The first-order valence-electron chi connectivity index (χ1n) is 18.1. The summed E-state index contributed by atoms with van der Waals surface area (Å²) in [6.45, 7) is 4.61. The SMILES string of the molecule is CC1(C)c2ccccc2N(c2ccc(-c3nc4nc5nc(-c6ccccc6)c(-c6ccccc6)nc5nc4nc3-c3ccccc3)cc2)c2ccccc21. The molecule has 0 fully saturated rings. The van der Waals surface area contributed by atoms with Crippen molar-refractivity contribution in [3.05, 3.63) is 175 Å². The van der Waals surface area contributed by atoms with Crippen LogP contribution in [0.4, 0.5) is 17.1 Å². The number of aromatic nitrogens is 6. The van der Waals surface area contributed by atoms with E-state index in [1.54, 1.807) is 0 Å². The first-order chi connectivity index (χ1) is 26.5. The van der Waals surface area contributed by atoms with Crippen LogP contribution in [0.25, 0.3) is 67.6 Å². The van der Waals surface area contributed by atoms with Gasteiger partial charge in [0.1, 0.15) is 0 Å². The smallest absolute Gasteiger partial charge is 0.200 e. The van der Waals surface area contributed by atoms with E-state index in [0.717, 1.165) is 45.0 Å². The number of anilines is 3. The number of hydrogen-bond donors (Lipinski definition) is 0. The average Bonchev–Trinajstić information content (AvgIpc) is 3.23. The Kier molecular flexibility index (Phi) is 7.33. The molecule has 0 amide bonds. The van der Waals surface area contributed by atoms with Gasteiger partial charge in [-0.15, -0.1) is 0 Å². The molecule has 0 unspecified atom stereocenters. The Morgan fingerprint density at radius 1 is 0.333 bits per heavy atom. The van der Waals surface area contributed by atoms with E-state index in [1.807, 2.05) is 91.0 Å². The zero-order chi connectivity index (χ0) is 36.2. The van der Waals surface area contributed by atoms with Gasteiger partial charge >= 0.3 is 0 Å².